The Morgan fingerprint density at radius 3 is 2.64 bits per heavy atom. The highest BCUT2D eigenvalue weighted by molar-refractivity contribution is 7.13. The van der Waals surface area contributed by atoms with Crippen LogP contribution in [0.1, 0.15) is 29.4 Å². The molecule has 0 fully saturated rings. The first-order chi connectivity index (χ1) is 13.5. The minimum absolute atomic E-state index is 0.0328. The molecule has 0 radical (unpaired) electrons. The number of ether oxygens (including phenoxy) is 1. The van der Waals surface area contributed by atoms with Gasteiger partial charge in [0.2, 0.25) is 0 Å². The van der Waals surface area contributed by atoms with Gasteiger partial charge in [-0.25, -0.2) is 18.2 Å². The van der Waals surface area contributed by atoms with Crippen LogP contribution in [0.3, 0.4) is 0 Å². The average Bonchev–Trinajstić information content (AvgIpc) is 3.17. The molecule has 0 spiro atoms. The largest absolute Gasteiger partial charge is 0.489 e. The zero-order chi connectivity index (χ0) is 20.1. The van der Waals surface area contributed by atoms with Crippen LogP contribution in [0.5, 0.6) is 5.75 Å². The normalized spacial score (nSPS) is 10.7. The molecule has 2 aromatic carbocycles. The highest BCUT2D eigenvalue weighted by Gasteiger charge is 2.15. The number of carbonyl (C=O) groups is 1. The molecule has 1 amide bonds. The Balaban J connectivity index is 1.69. The van der Waals surface area contributed by atoms with Crippen molar-refractivity contribution in [2.24, 2.45) is 0 Å². The van der Waals surface area contributed by atoms with E-state index in [4.69, 9.17) is 4.74 Å². The summed E-state index contributed by atoms with van der Waals surface area (Å²) in [5.41, 5.74) is 0.914. The molecule has 0 atom stereocenters. The minimum atomic E-state index is -0.967. The third-order valence-corrected chi connectivity index (χ3v) is 4.71. The third kappa shape index (κ3) is 4.69. The van der Waals surface area contributed by atoms with Crippen molar-refractivity contribution in [2.75, 3.05) is 6.54 Å². The molecular weight excluding hydrogens is 389 g/mol. The Bertz CT molecular complexity index is 991. The highest BCUT2D eigenvalue weighted by Crippen LogP contribution is 2.29. The maximum atomic E-state index is 14.5. The van der Waals surface area contributed by atoms with E-state index in [0.717, 1.165) is 18.6 Å². The molecule has 0 aliphatic carbocycles. The van der Waals surface area contributed by atoms with Crippen molar-refractivity contribution in [3.8, 4) is 16.3 Å². The van der Waals surface area contributed by atoms with Crippen molar-refractivity contribution >= 4 is 17.2 Å². The zero-order valence-corrected chi connectivity index (χ0v) is 15.8. The van der Waals surface area contributed by atoms with Gasteiger partial charge in [-0.1, -0.05) is 13.0 Å². The van der Waals surface area contributed by atoms with E-state index in [0.29, 0.717) is 17.1 Å². The van der Waals surface area contributed by atoms with Crippen LogP contribution in [0.25, 0.3) is 10.6 Å². The van der Waals surface area contributed by atoms with Gasteiger partial charge in [0.05, 0.1) is 0 Å². The van der Waals surface area contributed by atoms with Crippen LogP contribution < -0.4 is 10.1 Å². The molecule has 0 saturated carbocycles. The van der Waals surface area contributed by atoms with Crippen LogP contribution in [0.2, 0.25) is 0 Å². The smallest absolute Gasteiger partial charge is 0.270 e. The number of rotatable bonds is 7. The summed E-state index contributed by atoms with van der Waals surface area (Å²) in [4.78, 5) is 16.1. The first kappa shape index (κ1) is 19.9. The van der Waals surface area contributed by atoms with Crippen LogP contribution >= 0.6 is 11.3 Å². The molecule has 28 heavy (non-hydrogen) atoms. The molecule has 0 unspecified atom stereocenters. The number of halogens is 3. The van der Waals surface area contributed by atoms with Crippen LogP contribution in [0, 0.1) is 17.5 Å². The molecule has 1 heterocycles. The molecule has 0 aliphatic heterocycles. The SMILES string of the molecule is CCCNC(=O)c1csc(-c2ccc(OCc3ccc(F)c(F)c3)cc2F)n1. The number of benzene rings is 2. The highest BCUT2D eigenvalue weighted by atomic mass is 32.1. The second-order valence-electron chi connectivity index (χ2n) is 5.97. The molecular formula is C20H17F3N2O2S. The number of nitrogens with zero attached hydrogens (tertiary/aromatic N) is 1. The van der Waals surface area contributed by atoms with Gasteiger partial charge in [-0.2, -0.15) is 0 Å². The van der Waals surface area contributed by atoms with Gasteiger partial charge in [0.15, 0.2) is 11.6 Å². The topological polar surface area (TPSA) is 51.2 Å². The van der Waals surface area contributed by atoms with Crippen molar-refractivity contribution in [1.29, 1.82) is 0 Å². The summed E-state index contributed by atoms with van der Waals surface area (Å²) in [6.07, 6.45) is 0.809. The van der Waals surface area contributed by atoms with Crippen LogP contribution in [-0.2, 0) is 6.61 Å². The predicted octanol–water partition coefficient (Wildman–Crippen LogP) is 4.95. The van der Waals surface area contributed by atoms with E-state index in [1.54, 1.807) is 11.4 Å². The molecule has 3 aromatic rings. The van der Waals surface area contributed by atoms with Gasteiger partial charge >= 0.3 is 0 Å². The van der Waals surface area contributed by atoms with Crippen LogP contribution in [0.4, 0.5) is 13.2 Å². The Kier molecular flexibility index (Phi) is 6.30. The Morgan fingerprint density at radius 2 is 1.93 bits per heavy atom. The van der Waals surface area contributed by atoms with Crippen LogP contribution in [0.15, 0.2) is 41.8 Å². The van der Waals surface area contributed by atoms with Gasteiger partial charge in [0, 0.05) is 23.6 Å². The lowest BCUT2D eigenvalue weighted by Crippen LogP contribution is -2.24. The number of hydrogen-bond acceptors (Lipinski definition) is 4. The predicted molar refractivity (Wildman–Crippen MR) is 101 cm³/mol. The molecule has 8 heteroatoms. The molecule has 3 rings (SSSR count). The third-order valence-electron chi connectivity index (χ3n) is 3.83. The van der Waals surface area contributed by atoms with E-state index >= 15 is 0 Å². The van der Waals surface area contributed by atoms with Gasteiger partial charge < -0.3 is 10.1 Å². The monoisotopic (exact) mass is 406 g/mol. The van der Waals surface area contributed by atoms with Gasteiger partial charge in [0.25, 0.3) is 5.91 Å². The van der Waals surface area contributed by atoms with Crippen molar-refractivity contribution in [3.05, 3.63) is 70.5 Å². The Morgan fingerprint density at radius 1 is 1.11 bits per heavy atom. The summed E-state index contributed by atoms with van der Waals surface area (Å²) in [5, 5.41) is 4.68. The fourth-order valence-electron chi connectivity index (χ4n) is 2.39. The summed E-state index contributed by atoms with van der Waals surface area (Å²) >= 11 is 1.17. The molecule has 1 N–H and O–H groups in total. The quantitative estimate of drug-likeness (QED) is 0.604. The lowest BCUT2D eigenvalue weighted by molar-refractivity contribution is 0.0949. The van der Waals surface area contributed by atoms with E-state index in [1.807, 2.05) is 6.92 Å². The van der Waals surface area contributed by atoms with E-state index < -0.39 is 17.5 Å². The van der Waals surface area contributed by atoms with Crippen LogP contribution in [-0.4, -0.2) is 17.4 Å². The fraction of sp³-hybridized carbons (Fsp3) is 0.200. The summed E-state index contributed by atoms with van der Waals surface area (Å²) in [6, 6.07) is 7.67. The van der Waals surface area contributed by atoms with Crippen molar-refractivity contribution in [3.63, 3.8) is 0 Å². The second kappa shape index (κ2) is 8.88. The number of amides is 1. The number of nitrogens with one attached hydrogen (secondary N) is 1. The summed E-state index contributed by atoms with van der Waals surface area (Å²) in [5.74, 6) is -2.52. The van der Waals surface area contributed by atoms with Crippen molar-refractivity contribution in [2.45, 2.75) is 20.0 Å². The van der Waals surface area contributed by atoms with Gasteiger partial charge in [-0.3, -0.25) is 4.79 Å². The van der Waals surface area contributed by atoms with E-state index in [2.05, 4.69) is 10.3 Å². The lowest BCUT2D eigenvalue weighted by atomic mass is 10.2. The van der Waals surface area contributed by atoms with Gasteiger partial charge in [-0.15, -0.1) is 11.3 Å². The maximum absolute atomic E-state index is 14.5. The molecule has 146 valence electrons. The fourth-order valence-corrected chi connectivity index (χ4v) is 3.21. The van der Waals surface area contributed by atoms with Gasteiger partial charge in [0.1, 0.15) is 28.9 Å². The summed E-state index contributed by atoms with van der Waals surface area (Å²) in [7, 11) is 0. The molecule has 0 saturated heterocycles. The second-order valence-corrected chi connectivity index (χ2v) is 6.83. The van der Waals surface area contributed by atoms with Gasteiger partial charge in [-0.05, 0) is 36.2 Å². The maximum Gasteiger partial charge on any atom is 0.270 e. The zero-order valence-electron chi connectivity index (χ0n) is 15.0. The molecule has 4 nitrogen and oxygen atoms in total. The van der Waals surface area contributed by atoms with E-state index in [9.17, 15) is 18.0 Å². The number of aromatic nitrogens is 1. The average molecular weight is 406 g/mol. The number of carbonyl (C=O) groups excluding carboxylic acids is 1. The summed E-state index contributed by atoms with van der Waals surface area (Å²) in [6.45, 7) is 2.46. The first-order valence-corrected chi connectivity index (χ1v) is 9.46. The summed E-state index contributed by atoms with van der Waals surface area (Å²) < 4.78 is 46.1. The van der Waals surface area contributed by atoms with E-state index in [1.165, 1.54) is 29.5 Å². The Hall–Kier alpha value is -2.87. The molecule has 0 bridgehead atoms. The number of thiazole rings is 1. The van der Waals surface area contributed by atoms with E-state index in [-0.39, 0.29) is 29.5 Å². The first-order valence-electron chi connectivity index (χ1n) is 8.58. The van der Waals surface area contributed by atoms with Crippen molar-refractivity contribution < 1.29 is 22.7 Å². The minimum Gasteiger partial charge on any atom is -0.489 e. The standard InChI is InChI=1S/C20H17F3N2O2S/c1-2-7-24-19(26)18-11-28-20(25-18)14-5-4-13(9-16(14)22)27-10-12-3-6-15(21)17(23)8-12/h3-6,8-9,11H,2,7,10H2,1H3,(H,24,26). The van der Waals surface area contributed by atoms with Crippen molar-refractivity contribution in [1.82, 2.24) is 10.3 Å². The number of hydrogen-bond donors (Lipinski definition) is 1. The lowest BCUT2D eigenvalue weighted by Gasteiger charge is -2.08. The molecule has 0 aliphatic rings. The molecule has 1 aromatic heterocycles. The Labute approximate surface area is 164 Å².